The quantitative estimate of drug-likeness (QED) is 0.698. The van der Waals surface area contributed by atoms with E-state index in [-0.39, 0.29) is 6.10 Å². The van der Waals surface area contributed by atoms with Crippen molar-refractivity contribution in [1.82, 2.24) is 5.32 Å². The first-order chi connectivity index (χ1) is 8.60. The Morgan fingerprint density at radius 3 is 2.50 bits per heavy atom. The SMILES string of the molecule is CCC(CC)C(O)CNCc1cccc(C)c1O. The number of para-hydroxylation sites is 1. The number of benzene rings is 1. The lowest BCUT2D eigenvalue weighted by Gasteiger charge is -2.20. The molecular formula is C15H25NO2. The summed E-state index contributed by atoms with van der Waals surface area (Å²) < 4.78 is 0. The van der Waals surface area contributed by atoms with Gasteiger partial charge in [-0.25, -0.2) is 0 Å². The Kier molecular flexibility index (Phi) is 6.16. The lowest BCUT2D eigenvalue weighted by atomic mass is 9.96. The number of aromatic hydroxyl groups is 1. The summed E-state index contributed by atoms with van der Waals surface area (Å²) in [5, 5.41) is 23.1. The molecule has 0 heterocycles. The van der Waals surface area contributed by atoms with Gasteiger partial charge in [0.05, 0.1) is 6.10 Å². The van der Waals surface area contributed by atoms with Gasteiger partial charge in [-0.3, -0.25) is 0 Å². The Labute approximate surface area is 110 Å². The van der Waals surface area contributed by atoms with Gasteiger partial charge in [-0.15, -0.1) is 0 Å². The van der Waals surface area contributed by atoms with Gasteiger partial charge in [0.15, 0.2) is 0 Å². The number of phenols is 1. The average molecular weight is 251 g/mol. The summed E-state index contributed by atoms with van der Waals surface area (Å²) >= 11 is 0. The zero-order chi connectivity index (χ0) is 13.5. The molecule has 0 spiro atoms. The van der Waals surface area contributed by atoms with Crippen LogP contribution in [0.15, 0.2) is 18.2 Å². The molecule has 0 aromatic heterocycles. The van der Waals surface area contributed by atoms with Crippen LogP contribution in [0.5, 0.6) is 5.75 Å². The van der Waals surface area contributed by atoms with E-state index in [9.17, 15) is 10.2 Å². The van der Waals surface area contributed by atoms with Gasteiger partial charge in [-0.2, -0.15) is 0 Å². The first kappa shape index (κ1) is 15.0. The second kappa shape index (κ2) is 7.39. The molecule has 18 heavy (non-hydrogen) atoms. The molecule has 0 aliphatic rings. The van der Waals surface area contributed by atoms with Gasteiger partial charge in [0.2, 0.25) is 0 Å². The number of nitrogens with one attached hydrogen (secondary N) is 1. The summed E-state index contributed by atoms with van der Waals surface area (Å²) in [6.07, 6.45) is 1.68. The molecule has 1 aromatic carbocycles. The maximum atomic E-state index is 9.99. The predicted octanol–water partition coefficient (Wildman–Crippen LogP) is 2.59. The highest BCUT2D eigenvalue weighted by Crippen LogP contribution is 2.21. The standard InChI is InChI=1S/C15H25NO2/c1-4-12(5-2)14(17)10-16-9-13-8-6-7-11(3)15(13)18/h6-8,12,14,16-18H,4-5,9-10H2,1-3H3. The van der Waals surface area contributed by atoms with E-state index < -0.39 is 0 Å². The fourth-order valence-corrected chi connectivity index (χ4v) is 2.22. The van der Waals surface area contributed by atoms with Crippen LogP contribution in [0.25, 0.3) is 0 Å². The molecule has 3 N–H and O–H groups in total. The van der Waals surface area contributed by atoms with Crippen LogP contribution in [0.2, 0.25) is 0 Å². The van der Waals surface area contributed by atoms with Crippen molar-refractivity contribution in [3.63, 3.8) is 0 Å². The van der Waals surface area contributed by atoms with Crippen molar-refractivity contribution in [2.45, 2.75) is 46.3 Å². The van der Waals surface area contributed by atoms with Gasteiger partial charge >= 0.3 is 0 Å². The van der Waals surface area contributed by atoms with Crippen molar-refractivity contribution in [2.24, 2.45) is 5.92 Å². The van der Waals surface area contributed by atoms with Crippen LogP contribution in [0.1, 0.15) is 37.8 Å². The van der Waals surface area contributed by atoms with E-state index in [0.717, 1.165) is 24.0 Å². The molecular weight excluding hydrogens is 226 g/mol. The third-order valence-electron chi connectivity index (χ3n) is 3.58. The fraction of sp³-hybridized carbons (Fsp3) is 0.600. The van der Waals surface area contributed by atoms with Gasteiger partial charge in [0.25, 0.3) is 0 Å². The summed E-state index contributed by atoms with van der Waals surface area (Å²) in [7, 11) is 0. The minimum atomic E-state index is -0.313. The van der Waals surface area contributed by atoms with E-state index in [1.54, 1.807) is 0 Å². The van der Waals surface area contributed by atoms with Gasteiger partial charge in [-0.1, -0.05) is 44.9 Å². The molecule has 0 bridgehead atoms. The molecule has 0 aliphatic heterocycles. The molecule has 1 unspecified atom stereocenters. The normalized spacial score (nSPS) is 12.9. The van der Waals surface area contributed by atoms with E-state index in [1.807, 2.05) is 25.1 Å². The minimum absolute atomic E-state index is 0.313. The molecule has 102 valence electrons. The number of aliphatic hydroxyl groups excluding tert-OH is 1. The first-order valence-corrected chi connectivity index (χ1v) is 6.76. The van der Waals surface area contributed by atoms with Crippen LogP contribution in [-0.2, 0) is 6.54 Å². The third-order valence-corrected chi connectivity index (χ3v) is 3.58. The van der Waals surface area contributed by atoms with Gasteiger partial charge in [0, 0.05) is 18.7 Å². The molecule has 0 saturated carbocycles. The lowest BCUT2D eigenvalue weighted by molar-refractivity contribution is 0.101. The van der Waals surface area contributed by atoms with Gasteiger partial charge < -0.3 is 15.5 Å². The zero-order valence-electron chi connectivity index (χ0n) is 11.6. The van der Waals surface area contributed by atoms with Crippen LogP contribution in [0, 0.1) is 12.8 Å². The van der Waals surface area contributed by atoms with E-state index in [1.165, 1.54) is 0 Å². The van der Waals surface area contributed by atoms with Crippen molar-refractivity contribution in [1.29, 1.82) is 0 Å². The molecule has 0 aliphatic carbocycles. The average Bonchev–Trinajstić information content (AvgIpc) is 2.36. The Morgan fingerprint density at radius 2 is 1.89 bits per heavy atom. The zero-order valence-corrected chi connectivity index (χ0v) is 11.6. The summed E-state index contributed by atoms with van der Waals surface area (Å²) in [4.78, 5) is 0. The van der Waals surface area contributed by atoms with Crippen LogP contribution >= 0.6 is 0 Å². The highest BCUT2D eigenvalue weighted by atomic mass is 16.3. The summed E-state index contributed by atoms with van der Waals surface area (Å²) in [6, 6.07) is 5.72. The van der Waals surface area contributed by atoms with Crippen LogP contribution in [0.3, 0.4) is 0 Å². The number of aryl methyl sites for hydroxylation is 1. The topological polar surface area (TPSA) is 52.5 Å². The second-order valence-electron chi connectivity index (χ2n) is 4.86. The van der Waals surface area contributed by atoms with E-state index in [0.29, 0.717) is 24.8 Å². The van der Waals surface area contributed by atoms with Crippen molar-refractivity contribution >= 4 is 0 Å². The Hall–Kier alpha value is -1.06. The molecule has 0 saturated heterocycles. The summed E-state index contributed by atoms with van der Waals surface area (Å²) in [5.74, 6) is 0.700. The summed E-state index contributed by atoms with van der Waals surface area (Å²) in [6.45, 7) is 7.25. The number of phenolic OH excluding ortho intramolecular Hbond substituents is 1. The number of rotatable bonds is 7. The van der Waals surface area contributed by atoms with E-state index >= 15 is 0 Å². The third kappa shape index (κ3) is 4.00. The molecule has 1 atom stereocenters. The predicted molar refractivity (Wildman–Crippen MR) is 74.6 cm³/mol. The Balaban J connectivity index is 2.44. The van der Waals surface area contributed by atoms with Gasteiger partial charge in [-0.05, 0) is 18.4 Å². The molecule has 0 radical (unpaired) electrons. The molecule has 3 heteroatoms. The van der Waals surface area contributed by atoms with Crippen molar-refractivity contribution < 1.29 is 10.2 Å². The maximum absolute atomic E-state index is 9.99. The summed E-state index contributed by atoms with van der Waals surface area (Å²) in [5.41, 5.74) is 1.77. The largest absolute Gasteiger partial charge is 0.507 e. The van der Waals surface area contributed by atoms with Crippen LogP contribution < -0.4 is 5.32 Å². The van der Waals surface area contributed by atoms with E-state index in [4.69, 9.17) is 0 Å². The molecule has 1 aromatic rings. The molecule has 3 nitrogen and oxygen atoms in total. The second-order valence-corrected chi connectivity index (χ2v) is 4.86. The molecule has 0 fully saturated rings. The Morgan fingerprint density at radius 1 is 1.22 bits per heavy atom. The van der Waals surface area contributed by atoms with Crippen LogP contribution in [-0.4, -0.2) is 22.9 Å². The van der Waals surface area contributed by atoms with E-state index in [2.05, 4.69) is 19.2 Å². The first-order valence-electron chi connectivity index (χ1n) is 6.76. The van der Waals surface area contributed by atoms with Gasteiger partial charge in [0.1, 0.15) is 5.75 Å². The number of hydrogen-bond donors (Lipinski definition) is 3. The maximum Gasteiger partial charge on any atom is 0.122 e. The highest BCUT2D eigenvalue weighted by molar-refractivity contribution is 5.39. The number of hydrogen-bond acceptors (Lipinski definition) is 3. The fourth-order valence-electron chi connectivity index (χ4n) is 2.22. The van der Waals surface area contributed by atoms with Crippen LogP contribution in [0.4, 0.5) is 0 Å². The molecule has 1 rings (SSSR count). The minimum Gasteiger partial charge on any atom is -0.507 e. The van der Waals surface area contributed by atoms with Crippen molar-refractivity contribution in [3.05, 3.63) is 29.3 Å². The number of aliphatic hydroxyl groups is 1. The van der Waals surface area contributed by atoms with Crippen molar-refractivity contribution in [3.8, 4) is 5.75 Å². The monoisotopic (exact) mass is 251 g/mol. The molecule has 0 amide bonds. The van der Waals surface area contributed by atoms with Crippen molar-refractivity contribution in [2.75, 3.05) is 6.54 Å². The smallest absolute Gasteiger partial charge is 0.122 e. The highest BCUT2D eigenvalue weighted by Gasteiger charge is 2.14. The lowest BCUT2D eigenvalue weighted by Crippen LogP contribution is -2.32. The Bertz CT molecular complexity index is 362.